The molecule has 4 aliphatic carbocycles. The number of hydrogen-bond acceptors (Lipinski definition) is 3. The molecular weight excluding hydrogens is 286 g/mol. The Morgan fingerprint density at radius 1 is 1.22 bits per heavy atom. The number of nitrogens with two attached hydrogens (primary N) is 1. The second-order valence-corrected chi connectivity index (χ2v) is 8.37. The van der Waals surface area contributed by atoms with E-state index in [2.05, 4.69) is 26.5 Å². The maximum atomic E-state index is 12.4. The first kappa shape index (κ1) is 14.9. The lowest BCUT2D eigenvalue weighted by Crippen LogP contribution is -2.51. The molecule has 0 aromatic rings. The Morgan fingerprint density at radius 2 is 1.96 bits per heavy atom. The van der Waals surface area contributed by atoms with Gasteiger partial charge in [0.1, 0.15) is 5.78 Å². The molecule has 0 radical (unpaired) electrons. The number of allylic oxidation sites excluding steroid dienone is 4. The molecule has 0 amide bonds. The minimum Gasteiger partial charge on any atom is -0.395 e. The Bertz CT molecular complexity index is 700. The smallest absolute Gasteiger partial charge is 0.201 e. The summed E-state index contributed by atoms with van der Waals surface area (Å²) in [7, 11) is 0. The van der Waals surface area contributed by atoms with Gasteiger partial charge < -0.3 is 5.73 Å². The number of Topliss-reactive ketones (excluding diaryl/α,β-unsaturated/α-hetero) is 1. The van der Waals surface area contributed by atoms with Crippen LogP contribution in [0.15, 0.2) is 35.6 Å². The summed E-state index contributed by atoms with van der Waals surface area (Å²) in [6, 6.07) is 0. The van der Waals surface area contributed by atoms with Crippen LogP contribution in [0.3, 0.4) is 0 Å². The summed E-state index contributed by atoms with van der Waals surface area (Å²) < 4.78 is 0. The molecule has 3 nitrogen and oxygen atoms in total. The molecule has 5 atom stereocenters. The third kappa shape index (κ3) is 1.71. The van der Waals surface area contributed by atoms with Crippen LogP contribution in [0.5, 0.6) is 0 Å². The van der Waals surface area contributed by atoms with E-state index in [1.807, 2.05) is 0 Å². The maximum absolute atomic E-state index is 12.4. The fraction of sp³-hybridized carbons (Fsp3) is 0.600. The summed E-state index contributed by atoms with van der Waals surface area (Å²) >= 11 is 0. The molecule has 3 fully saturated rings. The van der Waals surface area contributed by atoms with E-state index in [9.17, 15) is 9.59 Å². The SMILES string of the molecule is C=C1CC2C(CCC3(C)C(=O)CCC23)C2(C)C=CC(=O)C(N)=C12. The van der Waals surface area contributed by atoms with Crippen molar-refractivity contribution in [3.05, 3.63) is 35.6 Å². The van der Waals surface area contributed by atoms with E-state index < -0.39 is 0 Å². The molecule has 4 rings (SSSR count). The van der Waals surface area contributed by atoms with Gasteiger partial charge >= 0.3 is 0 Å². The van der Waals surface area contributed by atoms with Crippen LogP contribution in [0.25, 0.3) is 0 Å². The summed E-state index contributed by atoms with van der Waals surface area (Å²) in [5.74, 6) is 1.75. The minimum absolute atomic E-state index is 0.0891. The first-order valence-corrected chi connectivity index (χ1v) is 8.74. The normalized spacial score (nSPS) is 45.8. The standard InChI is InChI=1S/C20H25NO2/c1-11-10-12-13-4-5-16(23)19(13,2)8-6-14(12)20(3)9-7-15(22)18(21)17(11)20/h7,9,12-14H,1,4-6,8,10,21H2,2-3H3. The molecule has 0 aliphatic heterocycles. The van der Waals surface area contributed by atoms with E-state index in [0.29, 0.717) is 29.2 Å². The van der Waals surface area contributed by atoms with Gasteiger partial charge in [-0.3, -0.25) is 9.59 Å². The summed E-state index contributed by atoms with van der Waals surface area (Å²) in [5, 5.41) is 0. The van der Waals surface area contributed by atoms with Crippen LogP contribution in [0.2, 0.25) is 0 Å². The topological polar surface area (TPSA) is 60.2 Å². The van der Waals surface area contributed by atoms with E-state index in [-0.39, 0.29) is 16.6 Å². The molecule has 0 spiro atoms. The van der Waals surface area contributed by atoms with E-state index in [1.165, 1.54) is 0 Å². The van der Waals surface area contributed by atoms with E-state index >= 15 is 0 Å². The minimum atomic E-state index is -0.203. The number of hydrogen-bond donors (Lipinski definition) is 1. The fourth-order valence-corrected chi connectivity index (χ4v) is 6.19. The average molecular weight is 311 g/mol. The maximum Gasteiger partial charge on any atom is 0.201 e. The quantitative estimate of drug-likeness (QED) is 0.746. The van der Waals surface area contributed by atoms with Crippen molar-refractivity contribution in [2.24, 2.45) is 34.3 Å². The molecule has 5 unspecified atom stereocenters. The molecule has 122 valence electrons. The van der Waals surface area contributed by atoms with E-state index in [0.717, 1.165) is 43.3 Å². The summed E-state index contributed by atoms with van der Waals surface area (Å²) in [5.41, 5.74) is 8.17. The molecule has 3 saturated carbocycles. The number of ketones is 2. The van der Waals surface area contributed by atoms with Crippen LogP contribution in [0.4, 0.5) is 0 Å². The van der Waals surface area contributed by atoms with Crippen LogP contribution >= 0.6 is 0 Å². The highest BCUT2D eigenvalue weighted by molar-refractivity contribution is 6.06. The van der Waals surface area contributed by atoms with Crippen molar-refractivity contribution in [2.75, 3.05) is 0 Å². The van der Waals surface area contributed by atoms with Crippen molar-refractivity contribution in [3.63, 3.8) is 0 Å². The van der Waals surface area contributed by atoms with Crippen LogP contribution in [0.1, 0.15) is 46.0 Å². The van der Waals surface area contributed by atoms with Gasteiger partial charge in [-0.1, -0.05) is 26.5 Å². The highest BCUT2D eigenvalue weighted by Gasteiger charge is 2.59. The van der Waals surface area contributed by atoms with Crippen molar-refractivity contribution >= 4 is 11.6 Å². The largest absolute Gasteiger partial charge is 0.395 e. The van der Waals surface area contributed by atoms with Gasteiger partial charge in [0.2, 0.25) is 5.78 Å². The predicted molar refractivity (Wildman–Crippen MR) is 89.3 cm³/mol. The third-order valence-corrected chi connectivity index (χ3v) is 7.41. The molecular formula is C20H25NO2. The average Bonchev–Trinajstić information content (AvgIpc) is 2.79. The van der Waals surface area contributed by atoms with Gasteiger partial charge in [-0.15, -0.1) is 0 Å². The third-order valence-electron chi connectivity index (χ3n) is 7.41. The van der Waals surface area contributed by atoms with Gasteiger partial charge in [-0.05, 0) is 60.7 Å². The van der Waals surface area contributed by atoms with Gasteiger partial charge in [0.15, 0.2) is 0 Å². The van der Waals surface area contributed by atoms with Crippen LogP contribution in [0, 0.1) is 28.6 Å². The Kier molecular flexibility index (Phi) is 2.89. The zero-order valence-electron chi connectivity index (χ0n) is 14.0. The number of fused-ring (bicyclic) bond motifs is 5. The monoisotopic (exact) mass is 311 g/mol. The fourth-order valence-electron chi connectivity index (χ4n) is 6.19. The van der Waals surface area contributed by atoms with Crippen molar-refractivity contribution in [3.8, 4) is 0 Å². The Morgan fingerprint density at radius 3 is 2.70 bits per heavy atom. The second kappa shape index (κ2) is 4.46. The zero-order chi connectivity index (χ0) is 16.6. The summed E-state index contributed by atoms with van der Waals surface area (Å²) in [6.07, 6.45) is 8.32. The van der Waals surface area contributed by atoms with Crippen molar-refractivity contribution in [1.82, 2.24) is 0 Å². The van der Waals surface area contributed by atoms with Gasteiger partial charge in [0.05, 0.1) is 5.70 Å². The molecule has 3 heteroatoms. The molecule has 0 aromatic heterocycles. The van der Waals surface area contributed by atoms with Gasteiger partial charge in [0.25, 0.3) is 0 Å². The van der Waals surface area contributed by atoms with Gasteiger partial charge in [0, 0.05) is 17.3 Å². The molecule has 0 saturated heterocycles. The van der Waals surface area contributed by atoms with Gasteiger partial charge in [-0.2, -0.15) is 0 Å². The molecule has 23 heavy (non-hydrogen) atoms. The van der Waals surface area contributed by atoms with Gasteiger partial charge in [-0.25, -0.2) is 0 Å². The van der Waals surface area contributed by atoms with E-state index in [4.69, 9.17) is 5.73 Å². The van der Waals surface area contributed by atoms with Crippen LogP contribution in [-0.2, 0) is 9.59 Å². The molecule has 0 heterocycles. The molecule has 0 aromatic carbocycles. The Hall–Kier alpha value is -1.64. The molecule has 0 bridgehead atoms. The number of rotatable bonds is 0. The van der Waals surface area contributed by atoms with Crippen LogP contribution in [-0.4, -0.2) is 11.6 Å². The van der Waals surface area contributed by atoms with Crippen molar-refractivity contribution in [1.29, 1.82) is 0 Å². The summed E-state index contributed by atoms with van der Waals surface area (Å²) in [4.78, 5) is 24.5. The Balaban J connectivity index is 1.81. The lowest BCUT2D eigenvalue weighted by atomic mass is 9.47. The van der Waals surface area contributed by atoms with E-state index in [1.54, 1.807) is 6.08 Å². The lowest BCUT2D eigenvalue weighted by Gasteiger charge is -2.56. The highest BCUT2D eigenvalue weighted by Crippen LogP contribution is 2.64. The van der Waals surface area contributed by atoms with Crippen molar-refractivity contribution in [2.45, 2.75) is 46.0 Å². The molecule has 4 aliphatic rings. The zero-order valence-corrected chi connectivity index (χ0v) is 14.0. The number of carbonyl (C=O) groups is 2. The van der Waals surface area contributed by atoms with Crippen LogP contribution < -0.4 is 5.73 Å². The first-order chi connectivity index (χ1) is 10.8. The number of carbonyl (C=O) groups excluding carboxylic acids is 2. The molecule has 2 N–H and O–H groups in total. The first-order valence-electron chi connectivity index (χ1n) is 8.74. The van der Waals surface area contributed by atoms with Crippen molar-refractivity contribution < 1.29 is 9.59 Å². The summed E-state index contributed by atoms with van der Waals surface area (Å²) in [6.45, 7) is 8.65. The second-order valence-electron chi connectivity index (χ2n) is 8.37. The Labute approximate surface area is 137 Å². The predicted octanol–water partition coefficient (Wildman–Crippen LogP) is 3.32. The lowest BCUT2D eigenvalue weighted by molar-refractivity contribution is -0.131. The highest BCUT2D eigenvalue weighted by atomic mass is 16.1.